The molecule has 0 unspecified atom stereocenters. The summed E-state index contributed by atoms with van der Waals surface area (Å²) in [5, 5.41) is 0. The molecule has 0 aliphatic rings. The number of unbranched alkanes of at least 4 members (excludes halogenated alkanes) is 2. The molecular weight excluding hydrogens is 271 g/mol. The van der Waals surface area contributed by atoms with Gasteiger partial charge in [0.25, 0.3) is 0 Å². The Balaban J connectivity index is 4.09. The molecule has 0 aliphatic carbocycles. The van der Waals surface area contributed by atoms with E-state index in [1.165, 1.54) is 0 Å². The molecule has 0 fully saturated rings. The fourth-order valence-electron chi connectivity index (χ4n) is 0.994. The standard InChI is InChI=1S/C12H27O2PS2/c1-5-7-9-13-15(16,14-10-8-6-2)17-11-12(3)4/h12H,5-11H2,1-4H3. The minimum Gasteiger partial charge on any atom is -0.322 e. The van der Waals surface area contributed by atoms with Crippen molar-refractivity contribution in [3.63, 3.8) is 0 Å². The van der Waals surface area contributed by atoms with E-state index in [0.29, 0.717) is 5.92 Å². The predicted octanol–water partition coefficient (Wildman–Crippen LogP) is 5.23. The van der Waals surface area contributed by atoms with Gasteiger partial charge in [0.2, 0.25) is 5.69 Å². The van der Waals surface area contributed by atoms with Crippen molar-refractivity contribution in [3.05, 3.63) is 0 Å². The Kier molecular flexibility index (Phi) is 11.4. The molecule has 17 heavy (non-hydrogen) atoms. The van der Waals surface area contributed by atoms with Crippen LogP contribution in [0, 0.1) is 5.92 Å². The molecule has 0 saturated heterocycles. The monoisotopic (exact) mass is 298 g/mol. The highest BCUT2D eigenvalue weighted by Crippen LogP contribution is 2.61. The Morgan fingerprint density at radius 3 is 1.88 bits per heavy atom. The summed E-state index contributed by atoms with van der Waals surface area (Å²) in [6.45, 7) is 10.2. The van der Waals surface area contributed by atoms with Gasteiger partial charge < -0.3 is 9.05 Å². The molecule has 0 radical (unpaired) electrons. The molecule has 0 aromatic heterocycles. The van der Waals surface area contributed by atoms with E-state index in [9.17, 15) is 0 Å². The summed E-state index contributed by atoms with van der Waals surface area (Å²) in [5.74, 6) is 1.65. The summed E-state index contributed by atoms with van der Waals surface area (Å²) in [5.41, 5.74) is -2.08. The van der Waals surface area contributed by atoms with Crippen molar-refractivity contribution in [2.45, 2.75) is 53.4 Å². The molecule has 0 saturated carbocycles. The Morgan fingerprint density at radius 1 is 1.06 bits per heavy atom. The molecule has 0 N–H and O–H groups in total. The van der Waals surface area contributed by atoms with Gasteiger partial charge >= 0.3 is 0 Å². The first-order valence-corrected chi connectivity index (χ1v) is 10.8. The highest BCUT2D eigenvalue weighted by molar-refractivity contribution is 8.67. The van der Waals surface area contributed by atoms with Crippen LogP contribution in [-0.2, 0) is 20.9 Å². The second-order valence-corrected chi connectivity index (χ2v) is 10.9. The first-order chi connectivity index (χ1) is 8.04. The minimum atomic E-state index is -2.08. The maximum Gasteiger partial charge on any atom is 0.247 e. The third-order valence-corrected chi connectivity index (χ3v) is 7.80. The van der Waals surface area contributed by atoms with Gasteiger partial charge in [-0.05, 0) is 30.6 Å². The fraction of sp³-hybridized carbons (Fsp3) is 1.00. The van der Waals surface area contributed by atoms with E-state index in [1.54, 1.807) is 11.4 Å². The van der Waals surface area contributed by atoms with Gasteiger partial charge in [0, 0.05) is 5.75 Å². The first kappa shape index (κ1) is 17.9. The summed E-state index contributed by atoms with van der Waals surface area (Å²) >= 11 is 7.29. The van der Waals surface area contributed by atoms with Gasteiger partial charge in [-0.15, -0.1) is 0 Å². The molecule has 0 bridgehead atoms. The van der Waals surface area contributed by atoms with Crippen LogP contribution >= 0.6 is 17.1 Å². The minimum absolute atomic E-state index is 0.631. The molecule has 0 aliphatic heterocycles. The first-order valence-electron chi connectivity index (χ1n) is 6.57. The van der Waals surface area contributed by atoms with E-state index in [1.807, 2.05) is 0 Å². The van der Waals surface area contributed by atoms with Crippen LogP contribution < -0.4 is 0 Å². The maximum atomic E-state index is 5.83. The van der Waals surface area contributed by atoms with Crippen molar-refractivity contribution in [2.24, 2.45) is 5.92 Å². The molecule has 0 aromatic rings. The van der Waals surface area contributed by atoms with Crippen LogP contribution in [0.3, 0.4) is 0 Å². The topological polar surface area (TPSA) is 18.5 Å². The predicted molar refractivity (Wildman–Crippen MR) is 83.3 cm³/mol. The van der Waals surface area contributed by atoms with E-state index in [0.717, 1.165) is 44.6 Å². The Hall–Kier alpha value is 0.920. The molecule has 0 rings (SSSR count). The summed E-state index contributed by atoms with van der Waals surface area (Å²) < 4.78 is 11.7. The zero-order valence-corrected chi connectivity index (χ0v) is 14.1. The van der Waals surface area contributed by atoms with Crippen LogP contribution in [0.25, 0.3) is 0 Å². The van der Waals surface area contributed by atoms with Crippen molar-refractivity contribution in [2.75, 3.05) is 19.0 Å². The molecule has 0 atom stereocenters. The van der Waals surface area contributed by atoms with Gasteiger partial charge in [0.15, 0.2) is 0 Å². The van der Waals surface area contributed by atoms with E-state index >= 15 is 0 Å². The fourth-order valence-corrected chi connectivity index (χ4v) is 5.73. The zero-order chi connectivity index (χ0) is 13.1. The molecule has 0 heterocycles. The van der Waals surface area contributed by atoms with Gasteiger partial charge in [-0.25, -0.2) is 0 Å². The van der Waals surface area contributed by atoms with Gasteiger partial charge in [0.05, 0.1) is 13.2 Å². The van der Waals surface area contributed by atoms with Crippen molar-refractivity contribution in [3.8, 4) is 0 Å². The second kappa shape index (κ2) is 10.8. The summed E-state index contributed by atoms with van der Waals surface area (Å²) in [6, 6.07) is 0. The van der Waals surface area contributed by atoms with Crippen LogP contribution in [0.1, 0.15) is 53.4 Å². The Bertz CT molecular complexity index is 209. The van der Waals surface area contributed by atoms with Gasteiger partial charge in [-0.2, -0.15) is 0 Å². The van der Waals surface area contributed by atoms with Gasteiger partial charge in [-0.3, -0.25) is 0 Å². The lowest BCUT2D eigenvalue weighted by Crippen LogP contribution is -1.99. The van der Waals surface area contributed by atoms with Gasteiger partial charge in [0.1, 0.15) is 0 Å². The number of rotatable bonds is 11. The highest BCUT2D eigenvalue weighted by Gasteiger charge is 2.20. The molecule has 0 spiro atoms. The Morgan fingerprint density at radius 2 is 1.53 bits per heavy atom. The third kappa shape index (κ3) is 10.5. The summed E-state index contributed by atoms with van der Waals surface area (Å²) in [4.78, 5) is 0. The molecule has 0 amide bonds. The van der Waals surface area contributed by atoms with Crippen molar-refractivity contribution in [1.29, 1.82) is 0 Å². The van der Waals surface area contributed by atoms with E-state index in [4.69, 9.17) is 20.9 Å². The van der Waals surface area contributed by atoms with Crippen LogP contribution in [0.2, 0.25) is 0 Å². The van der Waals surface area contributed by atoms with E-state index < -0.39 is 5.69 Å². The van der Waals surface area contributed by atoms with Gasteiger partial charge in [-0.1, -0.05) is 51.9 Å². The quantitative estimate of drug-likeness (QED) is 0.384. The molecule has 5 heteroatoms. The highest BCUT2D eigenvalue weighted by atomic mass is 32.9. The van der Waals surface area contributed by atoms with Crippen LogP contribution in [0.5, 0.6) is 0 Å². The van der Waals surface area contributed by atoms with Crippen LogP contribution in [0.4, 0.5) is 0 Å². The average molecular weight is 298 g/mol. The van der Waals surface area contributed by atoms with E-state index in [-0.39, 0.29) is 0 Å². The van der Waals surface area contributed by atoms with Crippen molar-refractivity contribution >= 4 is 28.9 Å². The molecule has 2 nitrogen and oxygen atoms in total. The largest absolute Gasteiger partial charge is 0.322 e. The van der Waals surface area contributed by atoms with E-state index in [2.05, 4.69) is 27.7 Å². The smallest absolute Gasteiger partial charge is 0.247 e. The third-order valence-electron chi connectivity index (χ3n) is 2.06. The lowest BCUT2D eigenvalue weighted by atomic mass is 10.3. The molecule has 0 aromatic carbocycles. The zero-order valence-electron chi connectivity index (χ0n) is 11.6. The average Bonchev–Trinajstić information content (AvgIpc) is 2.27. The summed E-state index contributed by atoms with van der Waals surface area (Å²) in [7, 11) is 0. The number of hydrogen-bond donors (Lipinski definition) is 0. The molecule has 104 valence electrons. The van der Waals surface area contributed by atoms with Crippen molar-refractivity contribution < 1.29 is 9.05 Å². The van der Waals surface area contributed by atoms with Crippen LogP contribution in [0.15, 0.2) is 0 Å². The van der Waals surface area contributed by atoms with Crippen molar-refractivity contribution in [1.82, 2.24) is 0 Å². The maximum absolute atomic E-state index is 5.83. The Labute approximate surface area is 116 Å². The molecular formula is C12H27O2PS2. The normalized spacial score (nSPS) is 12.3. The summed E-state index contributed by atoms with van der Waals surface area (Å²) in [6.07, 6.45) is 4.41. The lowest BCUT2D eigenvalue weighted by molar-refractivity contribution is 0.253. The SMILES string of the molecule is CCCCOP(=S)(OCCCC)SCC(C)C. The second-order valence-electron chi connectivity index (χ2n) is 4.51. The number of hydrogen-bond acceptors (Lipinski definition) is 4. The van der Waals surface area contributed by atoms with Crippen LogP contribution in [-0.4, -0.2) is 19.0 Å². The lowest BCUT2D eigenvalue weighted by Gasteiger charge is -2.22.